The first-order valence-corrected chi connectivity index (χ1v) is 6.79. The van der Waals surface area contributed by atoms with Gasteiger partial charge in [0, 0.05) is 19.5 Å². The number of carbonyl (C=O) groups excluding carboxylic acids is 1. The number of carbonyl (C=O) groups is 1. The molecule has 21 heavy (non-hydrogen) atoms. The number of aromatic nitrogens is 5. The van der Waals surface area contributed by atoms with Crippen LogP contribution in [0, 0.1) is 0 Å². The normalized spacial score (nSPS) is 10.7. The maximum absolute atomic E-state index is 12.4. The van der Waals surface area contributed by atoms with Crippen LogP contribution in [0.3, 0.4) is 0 Å². The Morgan fingerprint density at radius 1 is 1.38 bits per heavy atom. The van der Waals surface area contributed by atoms with E-state index in [0.717, 1.165) is 0 Å². The monoisotopic (exact) mass is 289 g/mol. The molecule has 0 bridgehead atoms. The largest absolute Gasteiger partial charge is 0.382 e. The third-order valence-electron chi connectivity index (χ3n) is 2.84. The average Bonchev–Trinajstić information content (AvgIpc) is 2.84. The fourth-order valence-electron chi connectivity index (χ4n) is 1.74. The van der Waals surface area contributed by atoms with E-state index >= 15 is 0 Å². The molecule has 0 unspecified atom stereocenters. The molecule has 0 saturated heterocycles. The van der Waals surface area contributed by atoms with Crippen molar-refractivity contribution >= 4 is 17.5 Å². The molecule has 0 radical (unpaired) electrons. The van der Waals surface area contributed by atoms with Gasteiger partial charge in [-0.2, -0.15) is 10.1 Å². The molecule has 112 valence electrons. The molecule has 0 atom stereocenters. The Morgan fingerprint density at radius 2 is 2.14 bits per heavy atom. The Hall–Kier alpha value is -2.51. The summed E-state index contributed by atoms with van der Waals surface area (Å²) in [6, 6.07) is 0. The maximum Gasteiger partial charge on any atom is 0.278 e. The van der Waals surface area contributed by atoms with Crippen molar-refractivity contribution in [3.05, 3.63) is 24.0 Å². The van der Waals surface area contributed by atoms with Gasteiger partial charge in [-0.05, 0) is 6.92 Å². The van der Waals surface area contributed by atoms with Gasteiger partial charge in [0.25, 0.3) is 5.91 Å². The van der Waals surface area contributed by atoms with E-state index < -0.39 is 0 Å². The van der Waals surface area contributed by atoms with Crippen LogP contribution >= 0.6 is 0 Å². The second-order valence-electron chi connectivity index (χ2n) is 4.84. The van der Waals surface area contributed by atoms with Gasteiger partial charge in [0.2, 0.25) is 5.95 Å². The summed E-state index contributed by atoms with van der Waals surface area (Å²) in [5, 5.41) is 9.69. The van der Waals surface area contributed by atoms with E-state index in [-0.39, 0.29) is 11.8 Å². The van der Waals surface area contributed by atoms with E-state index in [9.17, 15) is 4.79 Å². The predicted octanol–water partition coefficient (Wildman–Crippen LogP) is 1.41. The molecule has 0 aliphatic carbocycles. The van der Waals surface area contributed by atoms with Crippen LogP contribution in [0.15, 0.2) is 12.5 Å². The zero-order chi connectivity index (χ0) is 15.4. The Bertz CT molecular complexity index is 635. The van der Waals surface area contributed by atoms with Crippen molar-refractivity contribution in [3.63, 3.8) is 0 Å². The van der Waals surface area contributed by atoms with Crippen molar-refractivity contribution in [1.29, 1.82) is 0 Å². The molecule has 0 spiro atoms. The van der Waals surface area contributed by atoms with Crippen LogP contribution in [0.25, 0.3) is 0 Å². The molecule has 8 heteroatoms. The Kier molecular flexibility index (Phi) is 4.46. The van der Waals surface area contributed by atoms with Crippen LogP contribution in [0.2, 0.25) is 0 Å². The number of anilines is 2. The number of amides is 1. The number of hydrogen-bond acceptors (Lipinski definition) is 6. The van der Waals surface area contributed by atoms with Crippen LogP contribution in [0.1, 0.15) is 43.0 Å². The molecular weight excluding hydrogens is 270 g/mol. The van der Waals surface area contributed by atoms with E-state index in [1.54, 1.807) is 13.2 Å². The highest BCUT2D eigenvalue weighted by molar-refractivity contribution is 6.05. The van der Waals surface area contributed by atoms with E-state index in [4.69, 9.17) is 0 Å². The third kappa shape index (κ3) is 3.33. The molecule has 1 amide bonds. The summed E-state index contributed by atoms with van der Waals surface area (Å²) in [5.74, 6) is 0.792. The summed E-state index contributed by atoms with van der Waals surface area (Å²) in [7, 11) is 1.70. The summed E-state index contributed by atoms with van der Waals surface area (Å²) in [6.45, 7) is 6.58. The van der Waals surface area contributed by atoms with Gasteiger partial charge in [0.05, 0.1) is 11.9 Å². The summed E-state index contributed by atoms with van der Waals surface area (Å²) in [6.07, 6.45) is 3.01. The molecule has 0 aliphatic rings. The Labute approximate surface area is 123 Å². The number of nitrogens with zero attached hydrogens (tertiary/aromatic N) is 5. The lowest BCUT2D eigenvalue weighted by Crippen LogP contribution is -2.20. The molecule has 8 nitrogen and oxygen atoms in total. The van der Waals surface area contributed by atoms with Gasteiger partial charge in [0.1, 0.15) is 12.2 Å². The fourth-order valence-corrected chi connectivity index (χ4v) is 1.74. The molecule has 0 aliphatic heterocycles. The quantitative estimate of drug-likeness (QED) is 0.863. The third-order valence-corrected chi connectivity index (χ3v) is 2.84. The minimum Gasteiger partial charge on any atom is -0.382 e. The number of aryl methyl sites for hydroxylation is 1. The Morgan fingerprint density at radius 3 is 2.71 bits per heavy atom. The second kappa shape index (κ2) is 6.29. The summed E-state index contributed by atoms with van der Waals surface area (Å²) < 4.78 is 1.48. The molecular formula is C13H19N7O. The topological polar surface area (TPSA) is 97.6 Å². The van der Waals surface area contributed by atoms with Gasteiger partial charge in [-0.25, -0.2) is 14.6 Å². The van der Waals surface area contributed by atoms with E-state index in [1.165, 1.54) is 11.0 Å². The lowest BCUT2D eigenvalue weighted by atomic mass is 10.2. The number of rotatable bonds is 5. The van der Waals surface area contributed by atoms with Crippen LogP contribution in [0.5, 0.6) is 0 Å². The van der Waals surface area contributed by atoms with E-state index in [0.29, 0.717) is 29.7 Å². The van der Waals surface area contributed by atoms with Crippen LogP contribution in [-0.4, -0.2) is 37.2 Å². The van der Waals surface area contributed by atoms with Crippen molar-refractivity contribution in [2.45, 2.75) is 26.7 Å². The van der Waals surface area contributed by atoms with Gasteiger partial charge in [-0.15, -0.1) is 0 Å². The first-order chi connectivity index (χ1) is 10.0. The zero-order valence-corrected chi connectivity index (χ0v) is 12.6. The van der Waals surface area contributed by atoms with Crippen LogP contribution < -0.4 is 10.6 Å². The molecule has 2 heterocycles. The minimum absolute atomic E-state index is 0.141. The molecule has 2 rings (SSSR count). The van der Waals surface area contributed by atoms with Crippen molar-refractivity contribution in [2.24, 2.45) is 7.05 Å². The number of hydrogen-bond donors (Lipinski definition) is 2. The highest BCUT2D eigenvalue weighted by atomic mass is 16.2. The first kappa shape index (κ1) is 14.9. The average molecular weight is 289 g/mol. The predicted molar refractivity (Wildman–Crippen MR) is 79.2 cm³/mol. The van der Waals surface area contributed by atoms with E-state index in [2.05, 4.69) is 30.7 Å². The molecule has 0 fully saturated rings. The smallest absolute Gasteiger partial charge is 0.278 e. The first-order valence-electron chi connectivity index (χ1n) is 6.79. The standard InChI is InChI=1S/C13H19N7O/c1-5-14-9-6-15-11(8(2)3)18-10(9)12(21)19-13-16-7-17-20(13)4/h6-8,14H,5H2,1-4H3,(H,16,17,19,21). The SMILES string of the molecule is CCNc1cnc(C(C)C)nc1C(=O)Nc1ncnn1C. The highest BCUT2D eigenvalue weighted by Crippen LogP contribution is 2.17. The Balaban J connectivity index is 2.33. The summed E-state index contributed by atoms with van der Waals surface area (Å²) in [5.41, 5.74) is 0.903. The van der Waals surface area contributed by atoms with Crippen molar-refractivity contribution < 1.29 is 4.79 Å². The number of nitrogens with one attached hydrogen (secondary N) is 2. The van der Waals surface area contributed by atoms with Crippen molar-refractivity contribution in [3.8, 4) is 0 Å². The highest BCUT2D eigenvalue weighted by Gasteiger charge is 2.18. The summed E-state index contributed by atoms with van der Waals surface area (Å²) >= 11 is 0. The van der Waals surface area contributed by atoms with Gasteiger partial charge in [-0.1, -0.05) is 13.8 Å². The second-order valence-corrected chi connectivity index (χ2v) is 4.84. The molecule has 0 saturated carbocycles. The fraction of sp³-hybridized carbons (Fsp3) is 0.462. The van der Waals surface area contributed by atoms with Crippen LogP contribution in [0.4, 0.5) is 11.6 Å². The molecule has 2 aromatic rings. The lowest BCUT2D eigenvalue weighted by molar-refractivity contribution is 0.102. The minimum atomic E-state index is -0.341. The molecule has 2 N–H and O–H groups in total. The van der Waals surface area contributed by atoms with Gasteiger partial charge in [-0.3, -0.25) is 10.1 Å². The van der Waals surface area contributed by atoms with Gasteiger partial charge in [0.15, 0.2) is 5.69 Å². The van der Waals surface area contributed by atoms with Crippen LogP contribution in [-0.2, 0) is 7.05 Å². The van der Waals surface area contributed by atoms with Gasteiger partial charge < -0.3 is 5.32 Å². The molecule has 2 aromatic heterocycles. The van der Waals surface area contributed by atoms with Crippen molar-refractivity contribution in [1.82, 2.24) is 24.7 Å². The summed E-state index contributed by atoms with van der Waals surface area (Å²) in [4.78, 5) is 25.0. The van der Waals surface area contributed by atoms with E-state index in [1.807, 2.05) is 20.8 Å². The van der Waals surface area contributed by atoms with Gasteiger partial charge >= 0.3 is 0 Å². The zero-order valence-electron chi connectivity index (χ0n) is 12.6. The lowest BCUT2D eigenvalue weighted by Gasteiger charge is -2.12. The maximum atomic E-state index is 12.4. The molecule has 0 aromatic carbocycles. The van der Waals surface area contributed by atoms with Crippen molar-refractivity contribution in [2.75, 3.05) is 17.2 Å².